The summed E-state index contributed by atoms with van der Waals surface area (Å²) in [5.41, 5.74) is -0.377. The Bertz CT molecular complexity index is 921. The quantitative estimate of drug-likeness (QED) is 0.472. The number of hydrogen-bond donors (Lipinski definition) is 2. The molecule has 0 saturated carbocycles. The van der Waals surface area contributed by atoms with Gasteiger partial charge in [-0.15, -0.1) is 0 Å². The maximum absolute atomic E-state index is 13.4. The Balaban J connectivity index is 1.79. The molecule has 0 aromatic heterocycles. The topological polar surface area (TPSA) is 78.9 Å². The zero-order valence-corrected chi connectivity index (χ0v) is 13.2. The molecule has 1 aliphatic rings. The molecule has 0 aliphatic carbocycles. The molecule has 0 radical (unpaired) electrons. The van der Waals surface area contributed by atoms with E-state index < -0.39 is 35.8 Å². The van der Waals surface area contributed by atoms with Gasteiger partial charge in [-0.1, -0.05) is 0 Å². The molecular formula is C17H10F4N2O4. The third kappa shape index (κ3) is 3.68. The van der Waals surface area contributed by atoms with Gasteiger partial charge >= 0.3 is 6.61 Å². The lowest BCUT2D eigenvalue weighted by Crippen LogP contribution is -2.31. The largest absolute Gasteiger partial charge is 0.503 e. The number of imide groups is 1. The van der Waals surface area contributed by atoms with Crippen molar-refractivity contribution in [3.8, 4) is 11.5 Å². The van der Waals surface area contributed by atoms with Gasteiger partial charge in [0.15, 0.2) is 17.4 Å². The van der Waals surface area contributed by atoms with Crippen LogP contribution in [0.5, 0.6) is 11.5 Å². The van der Waals surface area contributed by atoms with Crippen LogP contribution >= 0.6 is 0 Å². The zero-order valence-electron chi connectivity index (χ0n) is 13.2. The number of anilines is 2. The van der Waals surface area contributed by atoms with Gasteiger partial charge in [-0.25, -0.2) is 13.7 Å². The molecule has 10 heteroatoms. The number of nitrogens with zero attached hydrogens (tertiary/aromatic N) is 1. The second-order valence-electron chi connectivity index (χ2n) is 5.32. The Hall–Kier alpha value is -3.56. The van der Waals surface area contributed by atoms with Gasteiger partial charge in [0.25, 0.3) is 11.8 Å². The Kier molecular flexibility index (Phi) is 4.72. The summed E-state index contributed by atoms with van der Waals surface area (Å²) in [5, 5.41) is 11.5. The molecule has 6 nitrogen and oxygen atoms in total. The molecule has 1 heterocycles. The summed E-state index contributed by atoms with van der Waals surface area (Å²) in [5.74, 6) is -5.39. The van der Waals surface area contributed by atoms with E-state index in [2.05, 4.69) is 10.1 Å². The first-order valence-corrected chi connectivity index (χ1v) is 7.36. The van der Waals surface area contributed by atoms with Crippen molar-refractivity contribution in [1.29, 1.82) is 0 Å². The van der Waals surface area contributed by atoms with Crippen molar-refractivity contribution in [1.82, 2.24) is 0 Å². The molecule has 0 saturated heterocycles. The number of carbonyl (C=O) groups excluding carboxylic acids is 2. The van der Waals surface area contributed by atoms with E-state index in [0.29, 0.717) is 0 Å². The molecule has 27 heavy (non-hydrogen) atoms. The van der Waals surface area contributed by atoms with Crippen LogP contribution in [0.1, 0.15) is 0 Å². The SMILES string of the molecule is O=C1C=C(Nc2cc(F)c(O)c(F)c2)C(=O)N1c1ccc(OC(F)F)cc1. The van der Waals surface area contributed by atoms with Crippen LogP contribution in [0, 0.1) is 11.6 Å². The van der Waals surface area contributed by atoms with Crippen LogP contribution in [-0.4, -0.2) is 23.5 Å². The predicted molar refractivity (Wildman–Crippen MR) is 85.3 cm³/mol. The minimum absolute atomic E-state index is 0.0859. The van der Waals surface area contributed by atoms with Gasteiger partial charge in [0.2, 0.25) is 0 Å². The molecule has 2 amide bonds. The fourth-order valence-electron chi connectivity index (χ4n) is 2.37. The lowest BCUT2D eigenvalue weighted by atomic mass is 10.2. The van der Waals surface area contributed by atoms with Crippen LogP contribution in [0.25, 0.3) is 0 Å². The normalized spacial score (nSPS) is 14.0. The lowest BCUT2D eigenvalue weighted by Gasteiger charge is -2.16. The van der Waals surface area contributed by atoms with Crippen LogP contribution in [0.3, 0.4) is 0 Å². The van der Waals surface area contributed by atoms with Gasteiger partial charge in [-0.2, -0.15) is 8.78 Å². The van der Waals surface area contributed by atoms with E-state index in [9.17, 15) is 27.2 Å². The number of rotatable bonds is 5. The number of alkyl halides is 2. The number of benzene rings is 2. The van der Waals surface area contributed by atoms with Crippen LogP contribution in [0.4, 0.5) is 28.9 Å². The maximum Gasteiger partial charge on any atom is 0.387 e. The van der Waals surface area contributed by atoms with E-state index >= 15 is 0 Å². The van der Waals surface area contributed by atoms with Crippen molar-refractivity contribution in [2.24, 2.45) is 0 Å². The molecule has 140 valence electrons. The molecule has 2 aromatic carbocycles. The predicted octanol–water partition coefficient (Wildman–Crippen LogP) is 3.14. The Morgan fingerprint density at radius 1 is 1.04 bits per heavy atom. The second kappa shape index (κ2) is 6.98. The molecule has 1 aliphatic heterocycles. The monoisotopic (exact) mass is 382 g/mol. The van der Waals surface area contributed by atoms with Crippen molar-refractivity contribution in [3.05, 3.63) is 59.8 Å². The fraction of sp³-hybridized carbons (Fsp3) is 0.0588. The Labute approximate surface area is 149 Å². The van der Waals surface area contributed by atoms with Gasteiger partial charge in [0, 0.05) is 23.9 Å². The molecule has 0 spiro atoms. The lowest BCUT2D eigenvalue weighted by molar-refractivity contribution is -0.120. The number of nitrogens with one attached hydrogen (secondary N) is 1. The number of carbonyl (C=O) groups is 2. The zero-order chi connectivity index (χ0) is 19.7. The fourth-order valence-corrected chi connectivity index (χ4v) is 2.37. The summed E-state index contributed by atoms with van der Waals surface area (Å²) in [7, 11) is 0. The van der Waals surface area contributed by atoms with E-state index in [1.807, 2.05) is 0 Å². The van der Waals surface area contributed by atoms with Crippen LogP contribution < -0.4 is 15.0 Å². The summed E-state index contributed by atoms with van der Waals surface area (Å²) in [6.07, 6.45) is 0.911. The Morgan fingerprint density at radius 3 is 2.19 bits per heavy atom. The van der Waals surface area contributed by atoms with Crippen LogP contribution in [0.2, 0.25) is 0 Å². The van der Waals surface area contributed by atoms with Crippen molar-refractivity contribution in [2.75, 3.05) is 10.2 Å². The third-order valence-electron chi connectivity index (χ3n) is 3.54. The highest BCUT2D eigenvalue weighted by atomic mass is 19.3. The summed E-state index contributed by atoms with van der Waals surface area (Å²) in [4.78, 5) is 25.2. The third-order valence-corrected chi connectivity index (χ3v) is 3.54. The number of ether oxygens (including phenoxy) is 1. The number of amides is 2. The average molecular weight is 382 g/mol. The first-order chi connectivity index (χ1) is 12.8. The number of phenols is 1. The summed E-state index contributed by atoms with van der Waals surface area (Å²) in [6, 6.07) is 6.25. The molecule has 0 unspecified atom stereocenters. The molecule has 2 N–H and O–H groups in total. The highest BCUT2D eigenvalue weighted by Crippen LogP contribution is 2.28. The highest BCUT2D eigenvalue weighted by Gasteiger charge is 2.32. The van der Waals surface area contributed by atoms with E-state index in [0.717, 1.165) is 35.2 Å². The van der Waals surface area contributed by atoms with Gasteiger partial charge in [0.1, 0.15) is 11.4 Å². The van der Waals surface area contributed by atoms with E-state index in [-0.39, 0.29) is 22.8 Å². The van der Waals surface area contributed by atoms with Gasteiger partial charge in [-0.05, 0) is 24.3 Å². The van der Waals surface area contributed by atoms with Gasteiger partial charge in [0.05, 0.1) is 5.69 Å². The summed E-state index contributed by atoms with van der Waals surface area (Å²) in [6.45, 7) is -3.02. The number of halogens is 4. The molecular weight excluding hydrogens is 372 g/mol. The van der Waals surface area contributed by atoms with Crippen molar-refractivity contribution >= 4 is 23.2 Å². The molecule has 3 rings (SSSR count). The minimum atomic E-state index is -3.02. The first kappa shape index (κ1) is 18.2. The van der Waals surface area contributed by atoms with Crippen molar-refractivity contribution in [3.63, 3.8) is 0 Å². The standard InChI is InChI=1S/C17H10F4N2O4/c18-11-5-8(6-12(19)15(11)25)22-13-7-14(24)23(16(13)26)9-1-3-10(4-2-9)27-17(20)21/h1-7,17,22,25H. The summed E-state index contributed by atoms with van der Waals surface area (Å²) < 4.78 is 55.3. The molecule has 2 aromatic rings. The van der Waals surface area contributed by atoms with Gasteiger partial charge in [-0.3, -0.25) is 9.59 Å². The van der Waals surface area contributed by atoms with Crippen LogP contribution in [0.15, 0.2) is 48.2 Å². The number of hydrogen-bond acceptors (Lipinski definition) is 5. The number of aromatic hydroxyl groups is 1. The molecule has 0 fully saturated rings. The second-order valence-corrected chi connectivity index (χ2v) is 5.32. The van der Waals surface area contributed by atoms with E-state index in [4.69, 9.17) is 5.11 Å². The maximum atomic E-state index is 13.4. The molecule has 0 atom stereocenters. The smallest absolute Gasteiger partial charge is 0.387 e. The Morgan fingerprint density at radius 2 is 1.63 bits per heavy atom. The highest BCUT2D eigenvalue weighted by molar-refractivity contribution is 6.31. The first-order valence-electron chi connectivity index (χ1n) is 7.36. The van der Waals surface area contributed by atoms with Gasteiger partial charge < -0.3 is 15.2 Å². The van der Waals surface area contributed by atoms with Crippen LogP contribution in [-0.2, 0) is 9.59 Å². The van der Waals surface area contributed by atoms with Crippen molar-refractivity contribution in [2.45, 2.75) is 6.61 Å². The number of phenolic OH excluding ortho intramolecular Hbond substituents is 1. The van der Waals surface area contributed by atoms with E-state index in [1.54, 1.807) is 0 Å². The van der Waals surface area contributed by atoms with Crippen molar-refractivity contribution < 1.29 is 37.0 Å². The van der Waals surface area contributed by atoms with E-state index in [1.165, 1.54) is 12.1 Å². The molecule has 0 bridgehead atoms. The summed E-state index contributed by atoms with van der Waals surface area (Å²) >= 11 is 0. The minimum Gasteiger partial charge on any atom is -0.503 e. The average Bonchev–Trinajstić information content (AvgIpc) is 2.87.